The second-order valence-electron chi connectivity index (χ2n) is 5.23. The molecule has 2 heteroatoms. The molecule has 0 aliphatic rings. The topological polar surface area (TPSA) is 33.1 Å². The van der Waals surface area contributed by atoms with Crippen LogP contribution in [0.1, 0.15) is 51.5 Å². The number of hydrogen-bond acceptors (Lipinski definition) is 2. The molecule has 1 aromatic rings. The molecule has 0 fully saturated rings. The van der Waals surface area contributed by atoms with Gasteiger partial charge in [0.1, 0.15) is 0 Å². The highest BCUT2D eigenvalue weighted by Gasteiger charge is 2.18. The molecule has 1 aromatic heterocycles. The standard InChI is InChI=1S/C13H21NO/c1-5-10-6-7-11(14-9-10)12(15)8-13(2,3)4/h6-7,9,12,15H,5,8H2,1-4H3. The third-order valence-corrected chi connectivity index (χ3v) is 2.40. The molecule has 0 saturated heterocycles. The van der Waals surface area contributed by atoms with E-state index in [4.69, 9.17) is 0 Å². The van der Waals surface area contributed by atoms with Gasteiger partial charge in [-0.2, -0.15) is 0 Å². The smallest absolute Gasteiger partial charge is 0.0964 e. The maximum atomic E-state index is 9.96. The Bertz CT molecular complexity index is 297. The van der Waals surface area contributed by atoms with Gasteiger partial charge >= 0.3 is 0 Å². The van der Waals surface area contributed by atoms with Crippen LogP contribution in [0.3, 0.4) is 0 Å². The molecule has 1 atom stereocenters. The molecule has 1 heterocycles. The van der Waals surface area contributed by atoms with Gasteiger partial charge in [-0.15, -0.1) is 0 Å². The average molecular weight is 207 g/mol. The summed E-state index contributed by atoms with van der Waals surface area (Å²) in [4.78, 5) is 4.28. The fourth-order valence-corrected chi connectivity index (χ4v) is 1.53. The van der Waals surface area contributed by atoms with E-state index in [1.54, 1.807) is 0 Å². The SMILES string of the molecule is CCc1ccc(C(O)CC(C)(C)C)nc1. The third-order valence-electron chi connectivity index (χ3n) is 2.40. The fourth-order valence-electron chi connectivity index (χ4n) is 1.53. The summed E-state index contributed by atoms with van der Waals surface area (Å²) in [7, 11) is 0. The van der Waals surface area contributed by atoms with Crippen molar-refractivity contribution in [1.82, 2.24) is 4.98 Å². The minimum Gasteiger partial charge on any atom is -0.387 e. The highest BCUT2D eigenvalue weighted by molar-refractivity contribution is 5.15. The molecule has 0 amide bonds. The van der Waals surface area contributed by atoms with Crippen LogP contribution in [-0.4, -0.2) is 10.1 Å². The lowest BCUT2D eigenvalue weighted by Crippen LogP contribution is -2.12. The van der Waals surface area contributed by atoms with Gasteiger partial charge < -0.3 is 5.11 Å². The molecular weight excluding hydrogens is 186 g/mol. The number of pyridine rings is 1. The number of aryl methyl sites for hydroxylation is 1. The first-order valence-electron chi connectivity index (χ1n) is 5.55. The normalized spacial score (nSPS) is 13.9. The zero-order valence-electron chi connectivity index (χ0n) is 10.1. The largest absolute Gasteiger partial charge is 0.387 e. The van der Waals surface area contributed by atoms with Crippen LogP contribution in [0, 0.1) is 5.41 Å². The molecule has 0 radical (unpaired) electrons. The van der Waals surface area contributed by atoms with E-state index in [-0.39, 0.29) is 5.41 Å². The minimum atomic E-state index is -0.448. The second kappa shape index (κ2) is 4.75. The van der Waals surface area contributed by atoms with Crippen LogP contribution in [0.5, 0.6) is 0 Å². The van der Waals surface area contributed by atoms with E-state index in [0.29, 0.717) is 0 Å². The van der Waals surface area contributed by atoms with Crippen molar-refractivity contribution in [2.45, 2.75) is 46.6 Å². The van der Waals surface area contributed by atoms with Crippen LogP contribution < -0.4 is 0 Å². The van der Waals surface area contributed by atoms with Gasteiger partial charge in [-0.3, -0.25) is 4.98 Å². The van der Waals surface area contributed by atoms with E-state index < -0.39 is 6.10 Å². The molecule has 0 aliphatic heterocycles. The third kappa shape index (κ3) is 4.00. The molecule has 0 spiro atoms. The number of aliphatic hydroxyl groups excluding tert-OH is 1. The van der Waals surface area contributed by atoms with Gasteiger partial charge in [0.2, 0.25) is 0 Å². The summed E-state index contributed by atoms with van der Waals surface area (Å²) in [6, 6.07) is 3.96. The van der Waals surface area contributed by atoms with Crippen molar-refractivity contribution in [1.29, 1.82) is 0 Å². The highest BCUT2D eigenvalue weighted by atomic mass is 16.3. The van der Waals surface area contributed by atoms with Crippen LogP contribution >= 0.6 is 0 Å². The Balaban J connectivity index is 2.70. The van der Waals surface area contributed by atoms with Gasteiger partial charge in [0.15, 0.2) is 0 Å². The molecule has 0 aromatic carbocycles. The van der Waals surface area contributed by atoms with Gasteiger partial charge in [-0.05, 0) is 29.9 Å². The Hall–Kier alpha value is -0.890. The molecule has 2 nitrogen and oxygen atoms in total. The maximum Gasteiger partial charge on any atom is 0.0964 e. The Labute approximate surface area is 92.4 Å². The van der Waals surface area contributed by atoms with E-state index in [9.17, 15) is 5.11 Å². The van der Waals surface area contributed by atoms with Crippen molar-refractivity contribution in [3.8, 4) is 0 Å². The van der Waals surface area contributed by atoms with Crippen LogP contribution in [0.25, 0.3) is 0 Å². The molecule has 1 rings (SSSR count). The first-order chi connectivity index (χ1) is 6.92. The molecule has 1 N–H and O–H groups in total. The summed E-state index contributed by atoms with van der Waals surface area (Å²) in [5.74, 6) is 0. The molecule has 15 heavy (non-hydrogen) atoms. The quantitative estimate of drug-likeness (QED) is 0.826. The zero-order valence-corrected chi connectivity index (χ0v) is 10.1. The molecule has 0 aliphatic carbocycles. The Morgan fingerprint density at radius 1 is 1.33 bits per heavy atom. The van der Waals surface area contributed by atoms with E-state index in [1.165, 1.54) is 5.56 Å². The Kier molecular flexibility index (Phi) is 3.86. The lowest BCUT2D eigenvalue weighted by molar-refractivity contribution is 0.118. The lowest BCUT2D eigenvalue weighted by atomic mass is 9.88. The summed E-state index contributed by atoms with van der Waals surface area (Å²) in [5, 5.41) is 9.96. The van der Waals surface area contributed by atoms with E-state index in [2.05, 4.69) is 32.7 Å². The van der Waals surface area contributed by atoms with Gasteiger partial charge in [-0.1, -0.05) is 33.8 Å². The van der Waals surface area contributed by atoms with Crippen LogP contribution in [0.15, 0.2) is 18.3 Å². The zero-order chi connectivity index (χ0) is 11.5. The van der Waals surface area contributed by atoms with Crippen molar-refractivity contribution in [3.05, 3.63) is 29.6 Å². The number of rotatable bonds is 3. The van der Waals surface area contributed by atoms with Gasteiger partial charge in [-0.25, -0.2) is 0 Å². The molecular formula is C13H21NO. The molecule has 1 unspecified atom stereocenters. The van der Waals surface area contributed by atoms with Crippen molar-refractivity contribution in [2.24, 2.45) is 5.41 Å². The van der Waals surface area contributed by atoms with Gasteiger partial charge in [0.25, 0.3) is 0 Å². The van der Waals surface area contributed by atoms with Crippen LogP contribution in [0.4, 0.5) is 0 Å². The summed E-state index contributed by atoms with van der Waals surface area (Å²) in [6.45, 7) is 8.46. The summed E-state index contributed by atoms with van der Waals surface area (Å²) < 4.78 is 0. The van der Waals surface area contributed by atoms with Crippen molar-refractivity contribution >= 4 is 0 Å². The number of aliphatic hydroxyl groups is 1. The minimum absolute atomic E-state index is 0.129. The lowest BCUT2D eigenvalue weighted by Gasteiger charge is -2.21. The van der Waals surface area contributed by atoms with Crippen LogP contribution in [-0.2, 0) is 6.42 Å². The first kappa shape index (κ1) is 12.2. The monoisotopic (exact) mass is 207 g/mol. The Morgan fingerprint density at radius 3 is 2.40 bits per heavy atom. The van der Waals surface area contributed by atoms with E-state index in [0.717, 1.165) is 18.5 Å². The molecule has 0 bridgehead atoms. The predicted molar refractivity (Wildman–Crippen MR) is 62.6 cm³/mol. The highest BCUT2D eigenvalue weighted by Crippen LogP contribution is 2.28. The number of nitrogens with zero attached hydrogens (tertiary/aromatic N) is 1. The average Bonchev–Trinajstić information content (AvgIpc) is 2.15. The summed E-state index contributed by atoms with van der Waals surface area (Å²) in [5.41, 5.74) is 2.12. The van der Waals surface area contributed by atoms with Crippen LogP contribution in [0.2, 0.25) is 0 Å². The fraction of sp³-hybridized carbons (Fsp3) is 0.615. The summed E-state index contributed by atoms with van der Waals surface area (Å²) >= 11 is 0. The van der Waals surface area contributed by atoms with Gasteiger partial charge in [0.05, 0.1) is 11.8 Å². The van der Waals surface area contributed by atoms with E-state index in [1.807, 2.05) is 18.3 Å². The number of aromatic nitrogens is 1. The first-order valence-corrected chi connectivity index (χ1v) is 5.55. The molecule has 0 saturated carbocycles. The predicted octanol–water partition coefficient (Wildman–Crippen LogP) is 3.11. The second-order valence-corrected chi connectivity index (χ2v) is 5.23. The van der Waals surface area contributed by atoms with Crippen molar-refractivity contribution < 1.29 is 5.11 Å². The number of hydrogen-bond donors (Lipinski definition) is 1. The Morgan fingerprint density at radius 2 is 2.00 bits per heavy atom. The van der Waals surface area contributed by atoms with Crippen molar-refractivity contribution in [3.63, 3.8) is 0 Å². The maximum absolute atomic E-state index is 9.96. The molecule has 84 valence electrons. The van der Waals surface area contributed by atoms with E-state index >= 15 is 0 Å². The summed E-state index contributed by atoms with van der Waals surface area (Å²) in [6.07, 6.45) is 3.13. The van der Waals surface area contributed by atoms with Gasteiger partial charge in [0, 0.05) is 6.20 Å². The van der Waals surface area contributed by atoms with Crippen molar-refractivity contribution in [2.75, 3.05) is 0 Å².